The Morgan fingerprint density at radius 1 is 1.18 bits per heavy atom. The highest BCUT2D eigenvalue weighted by molar-refractivity contribution is 5.94. The third kappa shape index (κ3) is 3.27. The van der Waals surface area contributed by atoms with Crippen molar-refractivity contribution in [3.05, 3.63) is 68.9 Å². The first-order valence-electron chi connectivity index (χ1n) is 11.3. The summed E-state index contributed by atoms with van der Waals surface area (Å²) in [4.78, 5) is 26.6. The summed E-state index contributed by atoms with van der Waals surface area (Å²) < 4.78 is 34.5. The lowest BCUT2D eigenvalue weighted by molar-refractivity contribution is -0.213. The number of benzene rings is 2. The van der Waals surface area contributed by atoms with E-state index < -0.39 is 17.3 Å². The van der Waals surface area contributed by atoms with Gasteiger partial charge in [0, 0.05) is 30.8 Å². The van der Waals surface area contributed by atoms with E-state index in [1.165, 1.54) is 6.07 Å². The lowest BCUT2D eigenvalue weighted by Gasteiger charge is -2.60. The van der Waals surface area contributed by atoms with Gasteiger partial charge in [0.25, 0.3) is 5.92 Å². The van der Waals surface area contributed by atoms with E-state index in [9.17, 15) is 23.5 Å². The number of carboxylic acids is 1. The summed E-state index contributed by atoms with van der Waals surface area (Å²) in [6.45, 7) is 5.73. The molecule has 5 rings (SSSR count). The fraction of sp³-hybridized carbons (Fsp3) is 0.385. The van der Waals surface area contributed by atoms with Crippen molar-refractivity contribution in [2.24, 2.45) is 5.41 Å². The van der Waals surface area contributed by atoms with Crippen molar-refractivity contribution < 1.29 is 23.1 Å². The zero-order valence-electron chi connectivity index (χ0n) is 19.2. The van der Waals surface area contributed by atoms with E-state index >= 15 is 0 Å². The smallest absolute Gasteiger partial charge is 0.337 e. The van der Waals surface area contributed by atoms with Crippen LogP contribution in [0, 0.1) is 19.3 Å². The molecule has 1 saturated heterocycles. The van der Waals surface area contributed by atoms with Crippen molar-refractivity contribution in [3.8, 4) is 0 Å². The van der Waals surface area contributed by atoms with Gasteiger partial charge >= 0.3 is 5.97 Å². The molecule has 34 heavy (non-hydrogen) atoms. The van der Waals surface area contributed by atoms with E-state index in [1.54, 1.807) is 36.1 Å². The molecule has 0 amide bonds. The number of hydrogen-bond donors (Lipinski definition) is 2. The van der Waals surface area contributed by atoms with Crippen molar-refractivity contribution in [2.75, 3.05) is 23.3 Å². The maximum Gasteiger partial charge on any atom is 0.337 e. The number of para-hydroxylation sites is 1. The molecule has 2 N–H and O–H groups in total. The predicted octanol–water partition coefficient (Wildman–Crippen LogP) is 5.52. The molecular formula is C26H26F2N2O4. The average Bonchev–Trinajstić information content (AvgIpc) is 2.75. The molecule has 2 fully saturated rings. The lowest BCUT2D eigenvalue weighted by atomic mass is 9.60. The summed E-state index contributed by atoms with van der Waals surface area (Å²) >= 11 is 0. The predicted molar refractivity (Wildman–Crippen MR) is 126 cm³/mol. The second kappa shape index (κ2) is 7.55. The van der Waals surface area contributed by atoms with Crippen LogP contribution in [0.4, 0.5) is 20.4 Å². The topological polar surface area (TPSA) is 82.8 Å². The van der Waals surface area contributed by atoms with Crippen LogP contribution >= 0.6 is 0 Å². The quantitative estimate of drug-likeness (QED) is 0.513. The van der Waals surface area contributed by atoms with E-state index in [-0.39, 0.29) is 36.5 Å². The molecule has 0 bridgehead atoms. The van der Waals surface area contributed by atoms with Crippen LogP contribution in [-0.2, 0) is 0 Å². The van der Waals surface area contributed by atoms with Gasteiger partial charge in [-0.15, -0.1) is 0 Å². The second-order valence-electron chi connectivity index (χ2n) is 9.65. The Hall–Kier alpha value is -3.42. The third-order valence-corrected chi connectivity index (χ3v) is 7.33. The van der Waals surface area contributed by atoms with Crippen LogP contribution in [-0.4, -0.2) is 30.1 Å². The molecule has 1 aliphatic carbocycles. The Morgan fingerprint density at radius 2 is 1.88 bits per heavy atom. The number of aromatic carboxylic acids is 1. The van der Waals surface area contributed by atoms with Crippen molar-refractivity contribution >= 4 is 28.5 Å². The number of nitrogens with zero attached hydrogens (tertiary/aromatic N) is 1. The van der Waals surface area contributed by atoms with Crippen LogP contribution in [0.2, 0.25) is 0 Å². The summed E-state index contributed by atoms with van der Waals surface area (Å²) in [6, 6.07) is 9.86. The number of alkyl halides is 2. The molecule has 2 aromatic carbocycles. The van der Waals surface area contributed by atoms with E-state index in [2.05, 4.69) is 5.32 Å². The fourth-order valence-corrected chi connectivity index (χ4v) is 5.17. The number of carbonyl (C=O) groups is 1. The summed E-state index contributed by atoms with van der Waals surface area (Å²) in [6.07, 6.45) is 0.383. The first-order chi connectivity index (χ1) is 16.0. The van der Waals surface area contributed by atoms with Gasteiger partial charge < -0.3 is 19.7 Å². The Labute approximate surface area is 195 Å². The van der Waals surface area contributed by atoms with Gasteiger partial charge in [-0.25, -0.2) is 13.6 Å². The molecule has 0 unspecified atom stereocenters. The van der Waals surface area contributed by atoms with Gasteiger partial charge in [0.2, 0.25) is 5.88 Å². The molecule has 1 aliphatic heterocycles. The average molecular weight is 469 g/mol. The molecule has 1 atom stereocenters. The normalized spacial score (nSPS) is 18.9. The first kappa shape index (κ1) is 22.4. The summed E-state index contributed by atoms with van der Waals surface area (Å²) in [5.74, 6) is -3.39. The fourth-order valence-electron chi connectivity index (χ4n) is 5.17. The zero-order valence-corrected chi connectivity index (χ0v) is 19.2. The van der Waals surface area contributed by atoms with Crippen molar-refractivity contribution in [1.82, 2.24) is 0 Å². The Morgan fingerprint density at radius 3 is 2.50 bits per heavy atom. The summed E-state index contributed by atoms with van der Waals surface area (Å²) in [7, 11) is 0. The molecule has 2 heterocycles. The molecule has 6 nitrogen and oxygen atoms in total. The van der Waals surface area contributed by atoms with Gasteiger partial charge in [0.15, 0.2) is 5.43 Å². The van der Waals surface area contributed by atoms with Gasteiger partial charge in [-0.2, -0.15) is 0 Å². The van der Waals surface area contributed by atoms with E-state index in [0.717, 1.165) is 5.56 Å². The largest absolute Gasteiger partial charge is 0.478 e. The van der Waals surface area contributed by atoms with E-state index in [0.29, 0.717) is 40.1 Å². The number of aryl methyl sites for hydroxylation is 1. The summed E-state index contributed by atoms with van der Waals surface area (Å²) in [5, 5.41) is 13.2. The molecule has 1 saturated carbocycles. The number of hydrogen-bond acceptors (Lipinski definition) is 5. The maximum atomic E-state index is 14.1. The van der Waals surface area contributed by atoms with Gasteiger partial charge in [-0.1, -0.05) is 18.2 Å². The number of fused-ring (bicyclic) bond motifs is 1. The van der Waals surface area contributed by atoms with Crippen LogP contribution in [0.1, 0.15) is 52.9 Å². The number of nitrogens with one attached hydrogen (secondary N) is 1. The molecule has 178 valence electrons. The van der Waals surface area contributed by atoms with Crippen LogP contribution in [0.25, 0.3) is 11.0 Å². The van der Waals surface area contributed by atoms with Gasteiger partial charge in [-0.3, -0.25) is 4.79 Å². The minimum atomic E-state index is -2.67. The van der Waals surface area contributed by atoms with Crippen molar-refractivity contribution in [2.45, 2.75) is 45.6 Å². The molecule has 1 aromatic heterocycles. The van der Waals surface area contributed by atoms with Crippen LogP contribution in [0.5, 0.6) is 0 Å². The molecule has 2 aliphatic rings. The van der Waals surface area contributed by atoms with Gasteiger partial charge in [0.1, 0.15) is 5.58 Å². The van der Waals surface area contributed by atoms with Crippen molar-refractivity contribution in [1.29, 1.82) is 0 Å². The second-order valence-corrected chi connectivity index (χ2v) is 9.65. The van der Waals surface area contributed by atoms with Crippen molar-refractivity contribution in [3.63, 3.8) is 0 Å². The first-order valence-corrected chi connectivity index (χ1v) is 11.3. The van der Waals surface area contributed by atoms with E-state index in [1.807, 2.05) is 19.9 Å². The molecular weight excluding hydrogens is 442 g/mol. The summed E-state index contributed by atoms with van der Waals surface area (Å²) in [5.41, 5.74) is 1.71. The van der Waals surface area contributed by atoms with Crippen LogP contribution in [0.3, 0.4) is 0 Å². The van der Waals surface area contributed by atoms with Crippen LogP contribution in [0.15, 0.2) is 45.6 Å². The SMILES string of the molecule is Cc1cc([C@@H](C)Nc2ccccc2C(=O)O)c2oc(N3CC4(CCC4(F)F)C3)c(C)c(=O)c2c1. The van der Waals surface area contributed by atoms with Crippen LogP contribution < -0.4 is 15.6 Å². The minimum Gasteiger partial charge on any atom is -0.478 e. The Bertz CT molecular complexity index is 1380. The molecule has 0 radical (unpaired) electrons. The van der Waals surface area contributed by atoms with Gasteiger partial charge in [-0.05, 0) is 51.0 Å². The highest BCUT2D eigenvalue weighted by atomic mass is 19.3. The van der Waals surface area contributed by atoms with E-state index in [4.69, 9.17) is 4.42 Å². The molecule has 8 heteroatoms. The molecule has 3 aromatic rings. The highest BCUT2D eigenvalue weighted by Crippen LogP contribution is 2.59. The maximum absolute atomic E-state index is 14.1. The Kier molecular flexibility index (Phi) is 4.97. The lowest BCUT2D eigenvalue weighted by Crippen LogP contribution is -2.70. The molecule has 1 spiro atoms. The standard InChI is InChI=1S/C26H26F2N2O4/c1-14-10-18(16(3)29-20-7-5-4-6-17(20)24(32)33)22-19(11-14)21(31)15(2)23(34-22)30-12-25(13-30)8-9-26(25,27)28/h4-7,10-11,16,29H,8-9,12-13H2,1-3H3,(H,32,33)/t16-/m1/s1. The Balaban J connectivity index is 1.55. The minimum absolute atomic E-state index is 0.0914. The zero-order chi connectivity index (χ0) is 24.4. The number of carboxylic acid groups (broad SMARTS) is 1. The monoisotopic (exact) mass is 468 g/mol. The number of rotatable bonds is 5. The van der Waals surface area contributed by atoms with Gasteiger partial charge in [0.05, 0.1) is 28.0 Å². The number of halogens is 2. The highest BCUT2D eigenvalue weighted by Gasteiger charge is 2.67. The number of anilines is 2. The third-order valence-electron chi connectivity index (χ3n) is 7.33.